The largest absolute Gasteiger partial charge is 0.497 e. The Morgan fingerprint density at radius 1 is 1.25 bits per heavy atom. The third kappa shape index (κ3) is 2.97. The van der Waals surface area contributed by atoms with Crippen LogP contribution in [0.5, 0.6) is 5.75 Å². The second kappa shape index (κ2) is 5.75. The maximum atomic E-state index is 11.2. The number of thiophene rings is 1. The Balaban J connectivity index is 2.41. The van der Waals surface area contributed by atoms with Gasteiger partial charge in [0.15, 0.2) is 0 Å². The number of aromatic carboxylic acids is 1. The Morgan fingerprint density at radius 3 is 2.40 bits per heavy atom. The van der Waals surface area contributed by atoms with Gasteiger partial charge >= 0.3 is 5.97 Å². The Morgan fingerprint density at radius 2 is 1.90 bits per heavy atom. The molecular weight excluding hydrogens is 278 g/mol. The highest BCUT2D eigenvalue weighted by Crippen LogP contribution is 2.35. The van der Waals surface area contributed by atoms with Crippen molar-refractivity contribution in [3.63, 3.8) is 0 Å². The molecule has 2 aromatic rings. The summed E-state index contributed by atoms with van der Waals surface area (Å²) >= 11 is 1.12. The minimum atomic E-state index is -1.06. The molecule has 104 valence electrons. The molecule has 20 heavy (non-hydrogen) atoms. The van der Waals surface area contributed by atoms with Crippen molar-refractivity contribution in [1.29, 1.82) is 0 Å². The van der Waals surface area contributed by atoms with Crippen LogP contribution in [0.1, 0.15) is 16.6 Å². The van der Waals surface area contributed by atoms with Crippen molar-refractivity contribution in [3.05, 3.63) is 35.2 Å². The molecule has 1 aromatic carbocycles. The van der Waals surface area contributed by atoms with Crippen molar-refractivity contribution in [2.75, 3.05) is 12.4 Å². The first-order chi connectivity index (χ1) is 9.51. The Hall–Kier alpha value is -2.34. The van der Waals surface area contributed by atoms with E-state index >= 15 is 0 Å². The van der Waals surface area contributed by atoms with Gasteiger partial charge in [-0.1, -0.05) is 0 Å². The van der Waals surface area contributed by atoms with Gasteiger partial charge < -0.3 is 15.2 Å². The van der Waals surface area contributed by atoms with Gasteiger partial charge in [-0.3, -0.25) is 4.79 Å². The van der Waals surface area contributed by atoms with Crippen LogP contribution >= 0.6 is 11.3 Å². The number of hydrogen-bond acceptors (Lipinski definition) is 4. The number of carboxylic acids is 1. The number of benzene rings is 1. The molecule has 1 heterocycles. The van der Waals surface area contributed by atoms with Crippen LogP contribution in [0.2, 0.25) is 0 Å². The molecule has 0 unspecified atom stereocenters. The molecule has 0 radical (unpaired) electrons. The van der Waals surface area contributed by atoms with Gasteiger partial charge in [-0.2, -0.15) is 0 Å². The van der Waals surface area contributed by atoms with Crippen molar-refractivity contribution in [2.24, 2.45) is 0 Å². The van der Waals surface area contributed by atoms with Gasteiger partial charge in [0.25, 0.3) is 0 Å². The highest BCUT2D eigenvalue weighted by atomic mass is 32.1. The number of ether oxygens (including phenoxy) is 1. The summed E-state index contributed by atoms with van der Waals surface area (Å²) in [4.78, 5) is 23.2. The highest BCUT2D eigenvalue weighted by molar-refractivity contribution is 7.18. The molecule has 0 saturated heterocycles. The normalized spacial score (nSPS) is 10.1. The van der Waals surface area contributed by atoms with Gasteiger partial charge in [0.1, 0.15) is 10.6 Å². The Labute approximate surface area is 119 Å². The van der Waals surface area contributed by atoms with Gasteiger partial charge in [-0.15, -0.1) is 11.3 Å². The summed E-state index contributed by atoms with van der Waals surface area (Å²) in [6, 6.07) is 8.94. The van der Waals surface area contributed by atoms with Crippen LogP contribution in [-0.4, -0.2) is 24.1 Å². The topological polar surface area (TPSA) is 75.6 Å². The van der Waals surface area contributed by atoms with E-state index in [-0.39, 0.29) is 10.8 Å². The molecule has 0 spiro atoms. The van der Waals surface area contributed by atoms with Crippen LogP contribution in [-0.2, 0) is 4.79 Å². The van der Waals surface area contributed by atoms with Crippen LogP contribution in [0.4, 0.5) is 5.69 Å². The van der Waals surface area contributed by atoms with E-state index in [0.717, 1.165) is 27.5 Å². The first kappa shape index (κ1) is 14.1. The van der Waals surface area contributed by atoms with Crippen LogP contribution in [0.15, 0.2) is 30.3 Å². The van der Waals surface area contributed by atoms with Gasteiger partial charge in [-0.25, -0.2) is 4.79 Å². The number of methoxy groups -OCH3 is 1. The lowest BCUT2D eigenvalue weighted by molar-refractivity contribution is -0.114. The highest BCUT2D eigenvalue weighted by Gasteiger charge is 2.17. The predicted molar refractivity (Wildman–Crippen MR) is 77.6 cm³/mol. The molecule has 5 nitrogen and oxygen atoms in total. The average molecular weight is 291 g/mol. The first-order valence-corrected chi connectivity index (χ1v) is 6.62. The van der Waals surface area contributed by atoms with E-state index in [2.05, 4.69) is 5.32 Å². The third-order valence-electron chi connectivity index (χ3n) is 2.61. The third-order valence-corrected chi connectivity index (χ3v) is 3.78. The molecule has 0 aliphatic heterocycles. The van der Waals surface area contributed by atoms with Crippen LogP contribution in [0, 0.1) is 0 Å². The van der Waals surface area contributed by atoms with E-state index in [4.69, 9.17) is 9.84 Å². The first-order valence-electron chi connectivity index (χ1n) is 5.80. The molecule has 6 heteroatoms. The zero-order chi connectivity index (χ0) is 14.7. The summed E-state index contributed by atoms with van der Waals surface area (Å²) in [5.41, 5.74) is 1.19. The van der Waals surface area contributed by atoms with Gasteiger partial charge in [0, 0.05) is 11.8 Å². The maximum Gasteiger partial charge on any atom is 0.348 e. The van der Waals surface area contributed by atoms with E-state index in [0.29, 0.717) is 5.69 Å². The smallest absolute Gasteiger partial charge is 0.348 e. The molecule has 2 rings (SSSR count). The molecule has 0 aliphatic rings. The molecule has 0 aliphatic carbocycles. The number of hydrogen-bond donors (Lipinski definition) is 2. The Bertz CT molecular complexity index is 646. The van der Waals surface area contributed by atoms with Gasteiger partial charge in [0.2, 0.25) is 5.91 Å². The maximum absolute atomic E-state index is 11.2. The average Bonchev–Trinajstić information content (AvgIpc) is 2.82. The minimum Gasteiger partial charge on any atom is -0.497 e. The van der Waals surface area contributed by atoms with E-state index in [9.17, 15) is 9.59 Å². The van der Waals surface area contributed by atoms with Gasteiger partial charge in [0.05, 0.1) is 12.8 Å². The van der Waals surface area contributed by atoms with E-state index in [1.54, 1.807) is 25.3 Å². The number of carboxylic acid groups (broad SMARTS) is 1. The summed E-state index contributed by atoms with van der Waals surface area (Å²) in [6.07, 6.45) is 0. The fourth-order valence-electron chi connectivity index (χ4n) is 1.73. The molecule has 0 fully saturated rings. The van der Waals surface area contributed by atoms with Crippen LogP contribution in [0.25, 0.3) is 10.4 Å². The number of anilines is 1. The zero-order valence-corrected chi connectivity index (χ0v) is 11.8. The standard InChI is InChI=1S/C14H13NO4S/c1-8(16)15-11-7-12(20-13(11)14(17)18)9-3-5-10(19-2)6-4-9/h3-7H,1-2H3,(H,15,16)(H,17,18). The van der Waals surface area contributed by atoms with Crippen molar-refractivity contribution in [2.45, 2.75) is 6.92 Å². The SMILES string of the molecule is COc1ccc(-c2cc(NC(C)=O)c(C(=O)O)s2)cc1. The molecule has 1 amide bonds. The molecule has 2 N–H and O–H groups in total. The fourth-order valence-corrected chi connectivity index (χ4v) is 2.69. The quantitative estimate of drug-likeness (QED) is 0.907. The van der Waals surface area contributed by atoms with Crippen molar-refractivity contribution >= 4 is 28.9 Å². The van der Waals surface area contributed by atoms with E-state index < -0.39 is 5.97 Å². The number of rotatable bonds is 4. The number of carbonyl (C=O) groups is 2. The zero-order valence-electron chi connectivity index (χ0n) is 11.0. The monoisotopic (exact) mass is 291 g/mol. The second-order valence-corrected chi connectivity index (χ2v) is 5.12. The Kier molecular flexibility index (Phi) is 4.05. The number of nitrogens with one attached hydrogen (secondary N) is 1. The lowest BCUT2D eigenvalue weighted by Crippen LogP contribution is -2.08. The number of amides is 1. The van der Waals surface area contributed by atoms with Crippen molar-refractivity contribution < 1.29 is 19.4 Å². The van der Waals surface area contributed by atoms with Crippen molar-refractivity contribution in [3.8, 4) is 16.2 Å². The molecule has 0 atom stereocenters. The molecule has 0 saturated carbocycles. The van der Waals surface area contributed by atoms with E-state index in [1.165, 1.54) is 6.92 Å². The summed E-state index contributed by atoms with van der Waals surface area (Å²) in [7, 11) is 1.58. The lowest BCUT2D eigenvalue weighted by Gasteiger charge is -2.00. The molecular formula is C14H13NO4S. The van der Waals surface area contributed by atoms with Crippen LogP contribution in [0.3, 0.4) is 0 Å². The molecule has 0 bridgehead atoms. The van der Waals surface area contributed by atoms with Crippen LogP contribution < -0.4 is 10.1 Å². The minimum absolute atomic E-state index is 0.117. The summed E-state index contributed by atoms with van der Waals surface area (Å²) in [5.74, 6) is -0.629. The summed E-state index contributed by atoms with van der Waals surface area (Å²) in [6.45, 7) is 1.34. The summed E-state index contributed by atoms with van der Waals surface area (Å²) in [5, 5.41) is 11.7. The van der Waals surface area contributed by atoms with Gasteiger partial charge in [-0.05, 0) is 35.9 Å². The number of carbonyl (C=O) groups excluding carboxylic acids is 1. The second-order valence-electron chi connectivity index (χ2n) is 4.07. The lowest BCUT2D eigenvalue weighted by atomic mass is 10.2. The summed E-state index contributed by atoms with van der Waals surface area (Å²) < 4.78 is 5.08. The molecule has 1 aromatic heterocycles. The van der Waals surface area contributed by atoms with E-state index in [1.807, 2.05) is 12.1 Å². The fraction of sp³-hybridized carbons (Fsp3) is 0.143. The van der Waals surface area contributed by atoms with Crippen molar-refractivity contribution in [1.82, 2.24) is 0 Å². The predicted octanol–water partition coefficient (Wildman–Crippen LogP) is 3.08.